The molecule has 0 N–H and O–H groups in total. The van der Waals surface area contributed by atoms with E-state index >= 15 is 0 Å². The molecule has 2 bridgehead atoms. The maximum absolute atomic E-state index is 13.2. The monoisotopic (exact) mass is 523 g/mol. The number of imide groups is 1. The van der Waals surface area contributed by atoms with Crippen LogP contribution in [0.2, 0.25) is 0 Å². The van der Waals surface area contributed by atoms with Gasteiger partial charge in [0.1, 0.15) is 6.10 Å². The van der Waals surface area contributed by atoms with Crippen LogP contribution in [0, 0.1) is 23.7 Å². The number of carbonyl (C=O) groups is 3. The van der Waals surface area contributed by atoms with Gasteiger partial charge in [-0.3, -0.25) is 14.5 Å². The van der Waals surface area contributed by atoms with Gasteiger partial charge < -0.3 is 4.74 Å². The zero-order valence-corrected chi connectivity index (χ0v) is 19.1. The number of anilines is 1. The highest BCUT2D eigenvalue weighted by Crippen LogP contribution is 2.60. The van der Waals surface area contributed by atoms with E-state index in [0.717, 1.165) is 32.1 Å². The van der Waals surface area contributed by atoms with Crippen LogP contribution < -0.4 is 4.90 Å². The second-order valence-electron chi connectivity index (χ2n) is 8.73. The van der Waals surface area contributed by atoms with Gasteiger partial charge in [-0.2, -0.15) is 0 Å². The molecule has 1 aliphatic heterocycles. The minimum atomic E-state index is -0.376. The van der Waals surface area contributed by atoms with Crippen LogP contribution in [-0.2, 0) is 14.3 Å². The smallest absolute Gasteiger partial charge is 0.338 e. The van der Waals surface area contributed by atoms with Crippen molar-refractivity contribution in [3.63, 3.8) is 0 Å². The van der Waals surface area contributed by atoms with Crippen LogP contribution in [0.1, 0.15) is 48.9 Å². The van der Waals surface area contributed by atoms with Crippen molar-refractivity contribution in [3.8, 4) is 0 Å². The summed E-state index contributed by atoms with van der Waals surface area (Å²) in [5.74, 6) is -0.806. The molecule has 1 heterocycles. The molecule has 29 heavy (non-hydrogen) atoms. The van der Waals surface area contributed by atoms with Crippen molar-refractivity contribution < 1.29 is 19.1 Å². The largest absolute Gasteiger partial charge is 0.459 e. The molecule has 1 aromatic carbocycles. The first-order valence-corrected chi connectivity index (χ1v) is 12.3. The van der Waals surface area contributed by atoms with E-state index in [4.69, 9.17) is 4.74 Å². The van der Waals surface area contributed by atoms with Crippen LogP contribution in [0.5, 0.6) is 0 Å². The number of hydrogen-bond donors (Lipinski definition) is 0. The van der Waals surface area contributed by atoms with Crippen molar-refractivity contribution in [1.82, 2.24) is 0 Å². The van der Waals surface area contributed by atoms with E-state index in [1.807, 2.05) is 0 Å². The Hall–Kier alpha value is -1.21. The Kier molecular flexibility index (Phi) is 5.09. The average Bonchev–Trinajstić information content (AvgIpc) is 3.33. The SMILES string of the molecule is O=C(OC1CCCCC1)c1cccc(N2C(=O)C3C4CC(C(Br)C4Br)C3C2=O)c1. The molecule has 7 heteroatoms. The summed E-state index contributed by atoms with van der Waals surface area (Å²) in [4.78, 5) is 40.7. The van der Waals surface area contributed by atoms with Gasteiger partial charge >= 0.3 is 5.97 Å². The molecule has 5 rings (SSSR count). The van der Waals surface area contributed by atoms with Crippen LogP contribution in [0.4, 0.5) is 5.69 Å². The zero-order valence-electron chi connectivity index (χ0n) is 15.9. The van der Waals surface area contributed by atoms with Gasteiger partial charge in [0.15, 0.2) is 0 Å². The van der Waals surface area contributed by atoms with Gasteiger partial charge in [-0.1, -0.05) is 44.3 Å². The van der Waals surface area contributed by atoms with E-state index in [1.54, 1.807) is 24.3 Å². The number of carbonyl (C=O) groups excluding carboxylic acids is 3. The normalized spacial score (nSPS) is 36.6. The van der Waals surface area contributed by atoms with Crippen LogP contribution in [0.25, 0.3) is 0 Å². The number of esters is 1. The number of rotatable bonds is 3. The molecule has 5 nitrogen and oxygen atoms in total. The second kappa shape index (κ2) is 7.49. The third-order valence-electron chi connectivity index (χ3n) is 7.15. The second-order valence-corrected chi connectivity index (χ2v) is 10.8. The molecule has 0 aromatic heterocycles. The van der Waals surface area contributed by atoms with Gasteiger partial charge in [-0.15, -0.1) is 0 Å². The highest BCUT2D eigenvalue weighted by molar-refractivity contribution is 9.12. The Balaban J connectivity index is 1.38. The average molecular weight is 525 g/mol. The minimum Gasteiger partial charge on any atom is -0.459 e. The highest BCUT2D eigenvalue weighted by atomic mass is 79.9. The first-order chi connectivity index (χ1) is 14.0. The van der Waals surface area contributed by atoms with Crippen molar-refractivity contribution >= 4 is 55.3 Å². The fourth-order valence-corrected chi connectivity index (χ4v) is 7.65. The summed E-state index contributed by atoms with van der Waals surface area (Å²) >= 11 is 7.42. The molecule has 1 aromatic rings. The summed E-state index contributed by atoms with van der Waals surface area (Å²) in [5.41, 5.74) is 0.870. The number of halogens is 2. The molecule has 6 unspecified atom stereocenters. The van der Waals surface area contributed by atoms with E-state index in [0.29, 0.717) is 11.3 Å². The lowest BCUT2D eigenvalue weighted by molar-refractivity contribution is -0.123. The number of benzene rings is 1. The number of ether oxygens (including phenoxy) is 1. The number of amides is 2. The summed E-state index contributed by atoms with van der Waals surface area (Å²) in [6.45, 7) is 0. The van der Waals surface area contributed by atoms with Crippen LogP contribution in [0.15, 0.2) is 24.3 Å². The molecule has 4 fully saturated rings. The van der Waals surface area contributed by atoms with E-state index in [9.17, 15) is 14.4 Å². The molecular weight excluding hydrogens is 502 g/mol. The molecule has 3 aliphatic carbocycles. The number of alkyl halides is 2. The molecule has 6 atom stereocenters. The third-order valence-corrected chi connectivity index (χ3v) is 10.4. The summed E-state index contributed by atoms with van der Waals surface area (Å²) < 4.78 is 5.66. The lowest BCUT2D eigenvalue weighted by atomic mass is 9.81. The highest BCUT2D eigenvalue weighted by Gasteiger charge is 2.66. The van der Waals surface area contributed by atoms with Crippen LogP contribution in [-0.4, -0.2) is 33.5 Å². The van der Waals surface area contributed by atoms with E-state index in [2.05, 4.69) is 31.9 Å². The van der Waals surface area contributed by atoms with Crippen molar-refractivity contribution in [2.45, 2.75) is 54.3 Å². The first kappa shape index (κ1) is 19.7. The standard InChI is InChI=1S/C22H23Br2NO4/c23-18-14-10-15(19(18)24)17-16(14)20(26)25(21(17)27)12-6-4-5-11(9-12)22(28)29-13-7-2-1-3-8-13/h4-6,9,13-19H,1-3,7-8,10H2. The van der Waals surface area contributed by atoms with Gasteiger partial charge in [-0.25, -0.2) is 4.79 Å². The maximum Gasteiger partial charge on any atom is 0.338 e. The summed E-state index contributed by atoms with van der Waals surface area (Å²) in [6.07, 6.45) is 6.05. The van der Waals surface area contributed by atoms with Crippen molar-refractivity contribution in [2.75, 3.05) is 4.90 Å². The van der Waals surface area contributed by atoms with Crippen molar-refractivity contribution in [1.29, 1.82) is 0 Å². The fraction of sp³-hybridized carbons (Fsp3) is 0.591. The van der Waals surface area contributed by atoms with E-state index < -0.39 is 0 Å². The molecule has 1 saturated heterocycles. The van der Waals surface area contributed by atoms with Gasteiger partial charge in [0, 0.05) is 9.65 Å². The Morgan fingerprint density at radius 2 is 1.59 bits per heavy atom. The maximum atomic E-state index is 13.2. The Labute approximate surface area is 186 Å². The van der Waals surface area contributed by atoms with Crippen LogP contribution in [0.3, 0.4) is 0 Å². The Morgan fingerprint density at radius 3 is 2.21 bits per heavy atom. The molecule has 0 spiro atoms. The van der Waals surface area contributed by atoms with E-state index in [-0.39, 0.29) is 57.2 Å². The Bertz CT molecular complexity index is 836. The van der Waals surface area contributed by atoms with Gasteiger partial charge in [0.05, 0.1) is 23.1 Å². The van der Waals surface area contributed by atoms with Crippen LogP contribution >= 0.6 is 31.9 Å². The zero-order chi connectivity index (χ0) is 20.3. The molecular formula is C22H23Br2NO4. The van der Waals surface area contributed by atoms with Gasteiger partial charge in [-0.05, 0) is 62.1 Å². The Morgan fingerprint density at radius 1 is 0.966 bits per heavy atom. The molecule has 0 radical (unpaired) electrons. The fourth-order valence-electron chi connectivity index (χ4n) is 5.78. The molecule has 4 aliphatic rings. The quantitative estimate of drug-likeness (QED) is 0.333. The summed E-state index contributed by atoms with van der Waals surface area (Å²) in [5, 5.41) is 0. The van der Waals surface area contributed by atoms with E-state index in [1.165, 1.54) is 11.3 Å². The van der Waals surface area contributed by atoms with Gasteiger partial charge in [0.25, 0.3) is 0 Å². The van der Waals surface area contributed by atoms with Crippen molar-refractivity contribution in [2.24, 2.45) is 23.7 Å². The van der Waals surface area contributed by atoms with Crippen molar-refractivity contribution in [3.05, 3.63) is 29.8 Å². The predicted octanol–water partition coefficient (Wildman–Crippen LogP) is 4.46. The first-order valence-electron chi connectivity index (χ1n) is 10.4. The molecule has 2 amide bonds. The summed E-state index contributed by atoms with van der Waals surface area (Å²) in [6, 6.07) is 6.76. The lowest BCUT2D eigenvalue weighted by Gasteiger charge is -2.28. The number of nitrogens with zero attached hydrogens (tertiary/aromatic N) is 1. The molecule has 154 valence electrons. The topological polar surface area (TPSA) is 63.7 Å². The third kappa shape index (κ3) is 3.11. The predicted molar refractivity (Wildman–Crippen MR) is 115 cm³/mol. The number of hydrogen-bond acceptors (Lipinski definition) is 4. The number of fused-ring (bicyclic) bond motifs is 5. The lowest BCUT2D eigenvalue weighted by Crippen LogP contribution is -2.37. The molecule has 3 saturated carbocycles. The summed E-state index contributed by atoms with van der Waals surface area (Å²) in [7, 11) is 0. The van der Waals surface area contributed by atoms with Gasteiger partial charge in [0.2, 0.25) is 11.8 Å². The minimum absolute atomic E-state index is 0.0309.